The van der Waals surface area contributed by atoms with Gasteiger partial charge in [0.15, 0.2) is 5.78 Å². The second-order valence-corrected chi connectivity index (χ2v) is 4.55. The van der Waals surface area contributed by atoms with Crippen molar-refractivity contribution in [1.29, 1.82) is 0 Å². The highest BCUT2D eigenvalue weighted by Gasteiger charge is 2.42. The van der Waals surface area contributed by atoms with E-state index in [0.29, 0.717) is 12.2 Å². The Labute approximate surface area is 102 Å². The summed E-state index contributed by atoms with van der Waals surface area (Å²) in [5.74, 6) is 0.108. The maximum atomic E-state index is 12.5. The van der Waals surface area contributed by atoms with Crippen LogP contribution >= 0.6 is 0 Å². The number of hydrogen-bond acceptors (Lipinski definition) is 3. The van der Waals surface area contributed by atoms with E-state index in [1.807, 2.05) is 20.0 Å². The van der Waals surface area contributed by atoms with Crippen molar-refractivity contribution in [2.24, 2.45) is 0 Å². The van der Waals surface area contributed by atoms with Gasteiger partial charge in [-0.3, -0.25) is 9.48 Å². The summed E-state index contributed by atoms with van der Waals surface area (Å²) in [6, 6.07) is 0. The first kappa shape index (κ1) is 12.3. The Morgan fingerprint density at radius 1 is 1.47 bits per heavy atom. The van der Waals surface area contributed by atoms with Crippen LogP contribution in [0, 0.1) is 0 Å². The third-order valence-corrected chi connectivity index (χ3v) is 3.47. The lowest BCUT2D eigenvalue weighted by molar-refractivity contribution is -0.0163. The lowest BCUT2D eigenvalue weighted by atomic mass is 9.92. The number of carbonyl (C=O) groups is 1. The van der Waals surface area contributed by atoms with Crippen molar-refractivity contribution < 1.29 is 9.53 Å². The zero-order chi connectivity index (χ0) is 12.3. The largest absolute Gasteiger partial charge is 0.367 e. The standard InChI is InChI=1S/C13H20N2O2/c1-3-15-10-11(9-14-15)12(16)13(17-4-2)7-5-6-8-13/h9-10H,3-8H2,1-2H3. The van der Waals surface area contributed by atoms with E-state index < -0.39 is 5.60 Å². The van der Waals surface area contributed by atoms with Crippen molar-refractivity contribution >= 4 is 5.78 Å². The van der Waals surface area contributed by atoms with Crippen molar-refractivity contribution in [3.05, 3.63) is 18.0 Å². The Bertz CT molecular complexity index is 392. The van der Waals surface area contributed by atoms with E-state index in [-0.39, 0.29) is 5.78 Å². The Balaban J connectivity index is 2.21. The molecule has 1 aliphatic carbocycles. The number of ether oxygens (including phenoxy) is 1. The molecule has 0 N–H and O–H groups in total. The molecule has 1 aromatic rings. The van der Waals surface area contributed by atoms with Crippen LogP contribution in [0.3, 0.4) is 0 Å². The van der Waals surface area contributed by atoms with Crippen LogP contribution in [0.25, 0.3) is 0 Å². The molecule has 94 valence electrons. The Hall–Kier alpha value is -1.16. The monoisotopic (exact) mass is 236 g/mol. The van der Waals surface area contributed by atoms with Crippen LogP contribution in [0.1, 0.15) is 49.9 Å². The van der Waals surface area contributed by atoms with Gasteiger partial charge in [0.1, 0.15) is 5.60 Å². The molecule has 1 aliphatic rings. The van der Waals surface area contributed by atoms with Crippen LogP contribution in [0.15, 0.2) is 12.4 Å². The minimum atomic E-state index is -0.573. The van der Waals surface area contributed by atoms with Gasteiger partial charge in [-0.05, 0) is 39.5 Å². The maximum Gasteiger partial charge on any atom is 0.197 e. The van der Waals surface area contributed by atoms with E-state index in [1.54, 1.807) is 10.9 Å². The van der Waals surface area contributed by atoms with E-state index in [4.69, 9.17) is 4.74 Å². The van der Waals surface area contributed by atoms with Crippen LogP contribution in [0.4, 0.5) is 0 Å². The second-order valence-electron chi connectivity index (χ2n) is 4.55. The Morgan fingerprint density at radius 3 is 2.71 bits per heavy atom. The van der Waals surface area contributed by atoms with Gasteiger partial charge in [0.2, 0.25) is 0 Å². The van der Waals surface area contributed by atoms with E-state index in [1.165, 1.54) is 0 Å². The van der Waals surface area contributed by atoms with Gasteiger partial charge in [0.25, 0.3) is 0 Å². The number of ketones is 1. The molecule has 0 radical (unpaired) electrons. The third kappa shape index (κ3) is 2.27. The summed E-state index contributed by atoms with van der Waals surface area (Å²) < 4.78 is 7.54. The topological polar surface area (TPSA) is 44.1 Å². The molecule has 0 atom stereocenters. The summed E-state index contributed by atoms with van der Waals surface area (Å²) in [4.78, 5) is 12.5. The maximum absolute atomic E-state index is 12.5. The zero-order valence-electron chi connectivity index (χ0n) is 10.6. The van der Waals surface area contributed by atoms with E-state index >= 15 is 0 Å². The molecule has 1 saturated carbocycles. The summed E-state index contributed by atoms with van der Waals surface area (Å²) >= 11 is 0. The van der Waals surface area contributed by atoms with Crippen LogP contribution in [0.2, 0.25) is 0 Å². The van der Waals surface area contributed by atoms with E-state index in [2.05, 4.69) is 5.10 Å². The number of aryl methyl sites for hydroxylation is 1. The Kier molecular flexibility index (Phi) is 3.62. The van der Waals surface area contributed by atoms with Gasteiger partial charge in [-0.2, -0.15) is 5.10 Å². The molecule has 0 aliphatic heterocycles. The molecule has 17 heavy (non-hydrogen) atoms. The summed E-state index contributed by atoms with van der Waals surface area (Å²) in [5.41, 5.74) is 0.110. The third-order valence-electron chi connectivity index (χ3n) is 3.47. The second kappa shape index (κ2) is 5.00. The molecule has 0 aromatic carbocycles. The van der Waals surface area contributed by atoms with Crippen molar-refractivity contribution in [2.75, 3.05) is 6.61 Å². The average Bonchev–Trinajstić information content (AvgIpc) is 2.97. The van der Waals surface area contributed by atoms with Gasteiger partial charge >= 0.3 is 0 Å². The lowest BCUT2D eigenvalue weighted by Gasteiger charge is -2.26. The summed E-state index contributed by atoms with van der Waals surface area (Å²) in [6.07, 6.45) is 7.32. The average molecular weight is 236 g/mol. The highest BCUT2D eigenvalue weighted by molar-refractivity contribution is 6.02. The van der Waals surface area contributed by atoms with Crippen molar-refractivity contribution in [1.82, 2.24) is 9.78 Å². The van der Waals surface area contributed by atoms with E-state index in [9.17, 15) is 4.79 Å². The molecular formula is C13H20N2O2. The number of Topliss-reactive ketones (excluding diaryl/α,β-unsaturated/α-hetero) is 1. The molecule has 2 rings (SSSR count). The molecule has 0 spiro atoms. The fraction of sp³-hybridized carbons (Fsp3) is 0.692. The molecule has 1 heterocycles. The number of aromatic nitrogens is 2. The van der Waals surface area contributed by atoms with Gasteiger partial charge in [0.05, 0.1) is 11.8 Å². The van der Waals surface area contributed by atoms with Crippen LogP contribution in [0.5, 0.6) is 0 Å². The molecule has 4 heteroatoms. The quantitative estimate of drug-likeness (QED) is 0.737. The molecule has 1 fully saturated rings. The molecule has 0 amide bonds. The first-order chi connectivity index (χ1) is 8.22. The van der Waals surface area contributed by atoms with Crippen LogP contribution in [-0.2, 0) is 11.3 Å². The summed E-state index contributed by atoms with van der Waals surface area (Å²) in [7, 11) is 0. The molecular weight excluding hydrogens is 216 g/mol. The number of rotatable bonds is 5. The van der Waals surface area contributed by atoms with Crippen molar-refractivity contribution in [3.8, 4) is 0 Å². The highest BCUT2D eigenvalue weighted by Crippen LogP contribution is 2.36. The molecule has 4 nitrogen and oxygen atoms in total. The van der Waals surface area contributed by atoms with Crippen molar-refractivity contribution in [3.63, 3.8) is 0 Å². The lowest BCUT2D eigenvalue weighted by Crippen LogP contribution is -2.38. The summed E-state index contributed by atoms with van der Waals surface area (Å²) in [5, 5.41) is 4.16. The summed E-state index contributed by atoms with van der Waals surface area (Å²) in [6.45, 7) is 5.33. The first-order valence-electron chi connectivity index (χ1n) is 6.43. The molecule has 0 bridgehead atoms. The molecule has 0 unspecified atom stereocenters. The minimum absolute atomic E-state index is 0.108. The van der Waals surface area contributed by atoms with Crippen LogP contribution < -0.4 is 0 Å². The van der Waals surface area contributed by atoms with Gasteiger partial charge < -0.3 is 4.74 Å². The SMILES string of the molecule is CCOC1(C(=O)c2cnn(CC)c2)CCCC1. The van der Waals surface area contributed by atoms with E-state index in [0.717, 1.165) is 32.2 Å². The van der Waals surface area contributed by atoms with Gasteiger partial charge in [-0.1, -0.05) is 0 Å². The van der Waals surface area contributed by atoms with Crippen LogP contribution in [-0.4, -0.2) is 27.8 Å². The Morgan fingerprint density at radius 2 is 2.18 bits per heavy atom. The fourth-order valence-electron chi connectivity index (χ4n) is 2.58. The van der Waals surface area contributed by atoms with Gasteiger partial charge in [-0.15, -0.1) is 0 Å². The highest BCUT2D eigenvalue weighted by atomic mass is 16.5. The number of nitrogens with zero attached hydrogens (tertiary/aromatic N) is 2. The number of carbonyl (C=O) groups excluding carboxylic acids is 1. The molecule has 1 aromatic heterocycles. The predicted octanol–water partition coefficient (Wildman–Crippen LogP) is 2.44. The van der Waals surface area contributed by atoms with Crippen molar-refractivity contribution in [2.45, 2.75) is 51.7 Å². The predicted molar refractivity (Wildman–Crippen MR) is 65.1 cm³/mol. The van der Waals surface area contributed by atoms with Gasteiger partial charge in [-0.25, -0.2) is 0 Å². The fourth-order valence-corrected chi connectivity index (χ4v) is 2.58. The smallest absolute Gasteiger partial charge is 0.197 e. The van der Waals surface area contributed by atoms with Gasteiger partial charge in [0, 0.05) is 19.3 Å². The first-order valence-corrected chi connectivity index (χ1v) is 6.43. The number of hydrogen-bond donors (Lipinski definition) is 0. The zero-order valence-corrected chi connectivity index (χ0v) is 10.6. The normalized spacial score (nSPS) is 18.5. The minimum Gasteiger partial charge on any atom is -0.367 e. The molecule has 0 saturated heterocycles.